The summed E-state index contributed by atoms with van der Waals surface area (Å²) < 4.78 is 0. The summed E-state index contributed by atoms with van der Waals surface area (Å²) in [5.41, 5.74) is 1.77. The molecular weight excluding hydrogens is 530 g/mol. The molecule has 0 aliphatic rings. The van der Waals surface area contributed by atoms with Crippen LogP contribution in [0, 0.1) is 23.2 Å². The van der Waals surface area contributed by atoms with Crippen molar-refractivity contribution in [3.8, 4) is 0 Å². The third-order valence-corrected chi connectivity index (χ3v) is 7.64. The van der Waals surface area contributed by atoms with Gasteiger partial charge in [0.25, 0.3) is 0 Å². The molecule has 1 amide bonds. The standard InChI is InChI=1S/C35H45NO6/c1-22(2)28(33(41)30(38)18-17-25-13-15-26(16-14-25)19-23(3)37)20-31(39)24(4)36-34(42)29(35(5,6)7)21-32(40)27-11-9-8-10-12-27/h8-16,22,24,28-29H,17-21H2,1-7H3,(H,36,42)/t24-,28-,29+/m0/s1. The Morgan fingerprint density at radius 1 is 0.786 bits per heavy atom. The molecule has 0 unspecified atom stereocenters. The molecule has 2 rings (SSSR count). The Kier molecular flexibility index (Phi) is 12.7. The summed E-state index contributed by atoms with van der Waals surface area (Å²) in [6.07, 6.45) is 0.598. The first-order chi connectivity index (χ1) is 19.6. The van der Waals surface area contributed by atoms with E-state index in [4.69, 9.17) is 0 Å². The second kappa shape index (κ2) is 15.5. The van der Waals surface area contributed by atoms with E-state index in [1.54, 1.807) is 45.0 Å². The number of hydrogen-bond acceptors (Lipinski definition) is 6. The van der Waals surface area contributed by atoms with Gasteiger partial charge in [-0.2, -0.15) is 0 Å². The van der Waals surface area contributed by atoms with Gasteiger partial charge in [0.05, 0.1) is 12.0 Å². The third-order valence-electron chi connectivity index (χ3n) is 7.64. The highest BCUT2D eigenvalue weighted by Crippen LogP contribution is 2.30. The van der Waals surface area contributed by atoms with Gasteiger partial charge in [-0.1, -0.05) is 89.2 Å². The van der Waals surface area contributed by atoms with E-state index in [0.29, 0.717) is 18.4 Å². The summed E-state index contributed by atoms with van der Waals surface area (Å²) in [6, 6.07) is 15.3. The Balaban J connectivity index is 2.00. The Bertz CT molecular complexity index is 1270. The Morgan fingerprint density at radius 3 is 1.88 bits per heavy atom. The highest BCUT2D eigenvalue weighted by atomic mass is 16.2. The van der Waals surface area contributed by atoms with Gasteiger partial charge in [-0.05, 0) is 42.7 Å². The van der Waals surface area contributed by atoms with Gasteiger partial charge in [-0.3, -0.25) is 28.8 Å². The number of carbonyl (C=O) groups is 6. The minimum absolute atomic E-state index is 0.00131. The van der Waals surface area contributed by atoms with Gasteiger partial charge in [-0.25, -0.2) is 0 Å². The highest BCUT2D eigenvalue weighted by Gasteiger charge is 2.36. The van der Waals surface area contributed by atoms with Crippen molar-refractivity contribution in [2.24, 2.45) is 23.2 Å². The lowest BCUT2D eigenvalue weighted by atomic mass is 9.76. The normalized spacial score (nSPS) is 13.6. The monoisotopic (exact) mass is 575 g/mol. The quantitative estimate of drug-likeness (QED) is 0.207. The summed E-state index contributed by atoms with van der Waals surface area (Å²) in [5, 5.41) is 2.76. The van der Waals surface area contributed by atoms with Crippen LogP contribution in [-0.2, 0) is 36.8 Å². The number of Topliss-reactive ketones (excluding diaryl/α,β-unsaturated/α-hetero) is 5. The predicted octanol–water partition coefficient (Wildman–Crippen LogP) is 5.56. The van der Waals surface area contributed by atoms with Gasteiger partial charge in [0.15, 0.2) is 17.3 Å². The molecule has 1 N–H and O–H groups in total. The molecule has 2 aromatic rings. The Morgan fingerprint density at radius 2 is 1.36 bits per heavy atom. The molecule has 226 valence electrons. The second-order valence-electron chi connectivity index (χ2n) is 12.6. The van der Waals surface area contributed by atoms with Gasteiger partial charge in [-0.15, -0.1) is 0 Å². The van der Waals surface area contributed by atoms with Crippen LogP contribution in [0.2, 0.25) is 0 Å². The van der Waals surface area contributed by atoms with Crippen LogP contribution in [0.5, 0.6) is 0 Å². The van der Waals surface area contributed by atoms with Gasteiger partial charge in [0, 0.05) is 37.2 Å². The number of benzene rings is 2. The minimum atomic E-state index is -0.883. The van der Waals surface area contributed by atoms with Crippen molar-refractivity contribution in [1.82, 2.24) is 5.32 Å². The largest absolute Gasteiger partial charge is 0.346 e. The van der Waals surface area contributed by atoms with Crippen LogP contribution in [-0.4, -0.2) is 40.9 Å². The smallest absolute Gasteiger partial charge is 0.224 e. The molecule has 3 atom stereocenters. The lowest BCUT2D eigenvalue weighted by molar-refractivity contribution is -0.141. The SMILES string of the molecule is CC(=O)Cc1ccc(CCC(=O)C(=O)[C@@H](CC(=O)[C@H](C)NC(=O)[C@@H](CC(=O)c2ccccc2)C(C)(C)C)C(C)C)cc1. The highest BCUT2D eigenvalue weighted by molar-refractivity contribution is 6.38. The number of carbonyl (C=O) groups excluding carboxylic acids is 6. The number of amides is 1. The van der Waals surface area contributed by atoms with Crippen LogP contribution < -0.4 is 5.32 Å². The zero-order valence-electron chi connectivity index (χ0n) is 26.0. The zero-order valence-corrected chi connectivity index (χ0v) is 26.0. The first-order valence-electron chi connectivity index (χ1n) is 14.7. The van der Waals surface area contributed by atoms with Crippen molar-refractivity contribution in [3.63, 3.8) is 0 Å². The van der Waals surface area contributed by atoms with Crippen molar-refractivity contribution >= 4 is 34.8 Å². The Labute approximate surface area is 249 Å². The van der Waals surface area contributed by atoms with Crippen LogP contribution >= 0.6 is 0 Å². The topological polar surface area (TPSA) is 114 Å². The van der Waals surface area contributed by atoms with Crippen LogP contribution in [0.4, 0.5) is 0 Å². The van der Waals surface area contributed by atoms with Crippen molar-refractivity contribution in [1.29, 1.82) is 0 Å². The fourth-order valence-electron chi connectivity index (χ4n) is 4.84. The molecule has 7 nitrogen and oxygen atoms in total. The number of aryl methyl sites for hydroxylation is 1. The van der Waals surface area contributed by atoms with Gasteiger partial charge in [0.2, 0.25) is 11.7 Å². The molecule has 0 aliphatic heterocycles. The average Bonchev–Trinajstić information content (AvgIpc) is 2.92. The lowest BCUT2D eigenvalue weighted by Crippen LogP contribution is -2.46. The van der Waals surface area contributed by atoms with Crippen LogP contribution in [0.15, 0.2) is 54.6 Å². The first-order valence-corrected chi connectivity index (χ1v) is 14.7. The van der Waals surface area contributed by atoms with Crippen molar-refractivity contribution in [3.05, 3.63) is 71.3 Å². The van der Waals surface area contributed by atoms with Crippen LogP contribution in [0.25, 0.3) is 0 Å². The number of nitrogens with one attached hydrogen (secondary N) is 1. The van der Waals surface area contributed by atoms with E-state index >= 15 is 0 Å². The van der Waals surface area contributed by atoms with E-state index in [1.165, 1.54) is 6.92 Å². The van der Waals surface area contributed by atoms with Crippen LogP contribution in [0.1, 0.15) is 89.2 Å². The molecule has 0 saturated heterocycles. The van der Waals surface area contributed by atoms with E-state index in [1.807, 2.05) is 51.1 Å². The summed E-state index contributed by atoms with van der Waals surface area (Å²) >= 11 is 0. The number of rotatable bonds is 16. The molecule has 0 radical (unpaired) electrons. The molecule has 0 fully saturated rings. The molecule has 0 aromatic heterocycles. The van der Waals surface area contributed by atoms with Gasteiger partial charge in [0.1, 0.15) is 5.78 Å². The molecule has 0 heterocycles. The molecule has 0 spiro atoms. The van der Waals surface area contributed by atoms with Gasteiger partial charge >= 0.3 is 0 Å². The minimum Gasteiger partial charge on any atom is -0.346 e. The molecule has 0 saturated carbocycles. The summed E-state index contributed by atoms with van der Waals surface area (Å²) in [6.45, 7) is 12.3. The van der Waals surface area contributed by atoms with Crippen molar-refractivity contribution in [2.75, 3.05) is 0 Å². The van der Waals surface area contributed by atoms with E-state index in [9.17, 15) is 28.8 Å². The molecule has 7 heteroatoms. The van der Waals surface area contributed by atoms with E-state index in [2.05, 4.69) is 5.32 Å². The maximum absolute atomic E-state index is 13.3. The fourth-order valence-corrected chi connectivity index (χ4v) is 4.84. The van der Waals surface area contributed by atoms with Gasteiger partial charge < -0.3 is 5.32 Å². The summed E-state index contributed by atoms with van der Waals surface area (Å²) in [5.74, 6) is -3.63. The number of hydrogen-bond donors (Lipinski definition) is 1. The predicted molar refractivity (Wildman–Crippen MR) is 163 cm³/mol. The van der Waals surface area contributed by atoms with E-state index in [0.717, 1.165) is 11.1 Å². The average molecular weight is 576 g/mol. The molecule has 42 heavy (non-hydrogen) atoms. The lowest BCUT2D eigenvalue weighted by Gasteiger charge is -2.30. The van der Waals surface area contributed by atoms with Crippen LogP contribution in [0.3, 0.4) is 0 Å². The molecular formula is C35H45NO6. The Hall–Kier alpha value is -3.74. The summed E-state index contributed by atoms with van der Waals surface area (Å²) in [7, 11) is 0. The molecule has 0 bridgehead atoms. The molecule has 2 aromatic carbocycles. The maximum atomic E-state index is 13.3. The second-order valence-corrected chi connectivity index (χ2v) is 12.6. The zero-order chi connectivity index (χ0) is 31.6. The molecule has 0 aliphatic carbocycles. The third kappa shape index (κ3) is 10.6. The van der Waals surface area contributed by atoms with E-state index < -0.39 is 40.8 Å². The fraction of sp³-hybridized carbons (Fsp3) is 0.486. The first kappa shape index (κ1) is 34.5. The van der Waals surface area contributed by atoms with Crippen molar-refractivity contribution in [2.45, 2.75) is 86.6 Å². The summed E-state index contributed by atoms with van der Waals surface area (Å²) in [4.78, 5) is 76.5. The number of ketones is 5. The maximum Gasteiger partial charge on any atom is 0.224 e. The van der Waals surface area contributed by atoms with Crippen molar-refractivity contribution < 1.29 is 28.8 Å². The van der Waals surface area contributed by atoms with E-state index in [-0.39, 0.29) is 42.5 Å².